The Morgan fingerprint density at radius 3 is 2.81 bits per heavy atom. The molecule has 0 aromatic carbocycles. The SMILES string of the molecule is CCCOc1ncnc2c1ncn2C(C)C. The molecule has 5 nitrogen and oxygen atoms in total. The summed E-state index contributed by atoms with van der Waals surface area (Å²) in [5.74, 6) is 0.575. The summed E-state index contributed by atoms with van der Waals surface area (Å²) >= 11 is 0. The molecule has 0 aliphatic carbocycles. The first-order valence-corrected chi connectivity index (χ1v) is 5.54. The zero-order valence-corrected chi connectivity index (χ0v) is 9.84. The van der Waals surface area contributed by atoms with Crippen molar-refractivity contribution in [3.05, 3.63) is 12.7 Å². The van der Waals surface area contributed by atoms with Crippen LogP contribution < -0.4 is 4.74 Å². The molecule has 0 radical (unpaired) electrons. The average molecular weight is 220 g/mol. The summed E-state index contributed by atoms with van der Waals surface area (Å²) < 4.78 is 7.54. The fraction of sp³-hybridized carbons (Fsp3) is 0.545. The molecule has 5 heteroatoms. The lowest BCUT2D eigenvalue weighted by atomic mass is 10.4. The van der Waals surface area contributed by atoms with Crippen molar-refractivity contribution in [2.24, 2.45) is 0 Å². The van der Waals surface area contributed by atoms with Crippen molar-refractivity contribution < 1.29 is 4.74 Å². The summed E-state index contributed by atoms with van der Waals surface area (Å²) in [6.45, 7) is 6.90. The summed E-state index contributed by atoms with van der Waals surface area (Å²) in [6, 6.07) is 0.332. The van der Waals surface area contributed by atoms with Gasteiger partial charge >= 0.3 is 0 Å². The minimum absolute atomic E-state index is 0.332. The van der Waals surface area contributed by atoms with Gasteiger partial charge in [-0.2, -0.15) is 4.98 Å². The van der Waals surface area contributed by atoms with Gasteiger partial charge in [-0.3, -0.25) is 0 Å². The molecule has 0 aliphatic heterocycles. The van der Waals surface area contributed by atoms with Gasteiger partial charge in [0.1, 0.15) is 6.33 Å². The van der Waals surface area contributed by atoms with Crippen molar-refractivity contribution in [1.82, 2.24) is 19.5 Å². The molecule has 2 rings (SSSR count). The van der Waals surface area contributed by atoms with Crippen LogP contribution in [-0.4, -0.2) is 26.1 Å². The van der Waals surface area contributed by atoms with Crippen LogP contribution in [0.1, 0.15) is 33.2 Å². The van der Waals surface area contributed by atoms with E-state index in [0.29, 0.717) is 18.5 Å². The Hall–Kier alpha value is -1.65. The summed E-state index contributed by atoms with van der Waals surface area (Å²) in [5, 5.41) is 0. The normalized spacial score (nSPS) is 11.2. The molecule has 0 unspecified atom stereocenters. The summed E-state index contributed by atoms with van der Waals surface area (Å²) in [6.07, 6.45) is 4.26. The largest absolute Gasteiger partial charge is 0.476 e. The van der Waals surface area contributed by atoms with Gasteiger partial charge in [-0.25, -0.2) is 9.97 Å². The number of aromatic nitrogens is 4. The van der Waals surface area contributed by atoms with E-state index in [4.69, 9.17) is 4.74 Å². The molecule has 16 heavy (non-hydrogen) atoms. The van der Waals surface area contributed by atoms with Crippen molar-refractivity contribution >= 4 is 11.2 Å². The lowest BCUT2D eigenvalue weighted by Crippen LogP contribution is -2.02. The highest BCUT2D eigenvalue weighted by molar-refractivity contribution is 5.75. The molecular formula is C11H16N4O. The zero-order valence-electron chi connectivity index (χ0n) is 9.84. The summed E-state index contributed by atoms with van der Waals surface area (Å²) in [4.78, 5) is 12.7. The molecule has 0 N–H and O–H groups in total. The fourth-order valence-electron chi connectivity index (χ4n) is 1.51. The standard InChI is InChI=1S/C11H16N4O/c1-4-5-16-11-9-10(12-6-13-11)15(7-14-9)8(2)3/h6-8H,4-5H2,1-3H3. The molecule has 86 valence electrons. The van der Waals surface area contributed by atoms with E-state index in [1.807, 2.05) is 4.57 Å². The van der Waals surface area contributed by atoms with Gasteiger partial charge in [-0.1, -0.05) is 6.92 Å². The van der Waals surface area contributed by atoms with Gasteiger partial charge in [0.25, 0.3) is 0 Å². The number of hydrogen-bond donors (Lipinski definition) is 0. The Balaban J connectivity index is 2.45. The van der Waals surface area contributed by atoms with E-state index in [2.05, 4.69) is 35.7 Å². The van der Waals surface area contributed by atoms with Crippen LogP contribution in [0.15, 0.2) is 12.7 Å². The lowest BCUT2D eigenvalue weighted by Gasteiger charge is -2.07. The number of nitrogens with zero attached hydrogens (tertiary/aromatic N) is 4. The highest BCUT2D eigenvalue weighted by Crippen LogP contribution is 2.21. The van der Waals surface area contributed by atoms with E-state index >= 15 is 0 Å². The van der Waals surface area contributed by atoms with Crippen LogP contribution in [0, 0.1) is 0 Å². The fourth-order valence-corrected chi connectivity index (χ4v) is 1.51. The Morgan fingerprint density at radius 2 is 2.12 bits per heavy atom. The molecular weight excluding hydrogens is 204 g/mol. The highest BCUT2D eigenvalue weighted by Gasteiger charge is 2.12. The molecule has 0 saturated carbocycles. The Kier molecular flexibility index (Phi) is 3.03. The smallest absolute Gasteiger partial charge is 0.245 e. The minimum atomic E-state index is 0.332. The van der Waals surface area contributed by atoms with Crippen LogP contribution in [0.2, 0.25) is 0 Å². The third-order valence-electron chi connectivity index (χ3n) is 2.32. The van der Waals surface area contributed by atoms with Crippen LogP contribution in [0.5, 0.6) is 5.88 Å². The quantitative estimate of drug-likeness (QED) is 0.792. The molecule has 0 aliphatic rings. The Morgan fingerprint density at radius 1 is 1.31 bits per heavy atom. The second-order valence-corrected chi connectivity index (χ2v) is 3.95. The van der Waals surface area contributed by atoms with Crippen molar-refractivity contribution in [2.75, 3.05) is 6.61 Å². The molecule has 0 spiro atoms. The molecule has 0 atom stereocenters. The van der Waals surface area contributed by atoms with Crippen LogP contribution >= 0.6 is 0 Å². The van der Waals surface area contributed by atoms with Gasteiger partial charge in [0, 0.05) is 6.04 Å². The maximum absolute atomic E-state index is 5.53. The first-order valence-electron chi connectivity index (χ1n) is 5.54. The van der Waals surface area contributed by atoms with E-state index in [1.165, 1.54) is 6.33 Å². The zero-order chi connectivity index (χ0) is 11.5. The minimum Gasteiger partial charge on any atom is -0.476 e. The Bertz CT molecular complexity index is 478. The van der Waals surface area contributed by atoms with Crippen LogP contribution in [0.25, 0.3) is 11.2 Å². The van der Waals surface area contributed by atoms with Gasteiger partial charge in [0.15, 0.2) is 11.2 Å². The third kappa shape index (κ3) is 1.85. The molecule has 0 fully saturated rings. The van der Waals surface area contributed by atoms with E-state index < -0.39 is 0 Å². The second kappa shape index (κ2) is 4.47. The van der Waals surface area contributed by atoms with Crippen molar-refractivity contribution in [3.63, 3.8) is 0 Å². The van der Waals surface area contributed by atoms with Gasteiger partial charge in [0.05, 0.1) is 12.9 Å². The number of rotatable bonds is 4. The molecule has 0 amide bonds. The number of ether oxygens (including phenoxy) is 1. The maximum Gasteiger partial charge on any atom is 0.245 e. The van der Waals surface area contributed by atoms with Crippen molar-refractivity contribution in [3.8, 4) is 5.88 Å². The van der Waals surface area contributed by atoms with Gasteiger partial charge in [0.2, 0.25) is 5.88 Å². The monoisotopic (exact) mass is 220 g/mol. The van der Waals surface area contributed by atoms with Gasteiger partial charge < -0.3 is 9.30 Å². The lowest BCUT2D eigenvalue weighted by molar-refractivity contribution is 0.308. The Labute approximate surface area is 94.5 Å². The molecule has 0 bridgehead atoms. The van der Waals surface area contributed by atoms with Crippen LogP contribution in [0.4, 0.5) is 0 Å². The summed E-state index contributed by atoms with van der Waals surface area (Å²) in [5.41, 5.74) is 1.57. The van der Waals surface area contributed by atoms with E-state index in [-0.39, 0.29) is 0 Å². The van der Waals surface area contributed by atoms with E-state index in [0.717, 1.165) is 17.6 Å². The van der Waals surface area contributed by atoms with Crippen LogP contribution in [0.3, 0.4) is 0 Å². The van der Waals surface area contributed by atoms with Gasteiger partial charge in [-0.15, -0.1) is 0 Å². The van der Waals surface area contributed by atoms with Crippen molar-refractivity contribution in [1.29, 1.82) is 0 Å². The van der Waals surface area contributed by atoms with Crippen LogP contribution in [-0.2, 0) is 0 Å². The number of hydrogen-bond acceptors (Lipinski definition) is 4. The molecule has 2 heterocycles. The van der Waals surface area contributed by atoms with E-state index in [9.17, 15) is 0 Å². The molecule has 2 aromatic heterocycles. The average Bonchev–Trinajstić information content (AvgIpc) is 2.70. The van der Waals surface area contributed by atoms with Crippen molar-refractivity contribution in [2.45, 2.75) is 33.2 Å². The first kappa shape index (κ1) is 10.9. The highest BCUT2D eigenvalue weighted by atomic mass is 16.5. The predicted molar refractivity (Wildman–Crippen MR) is 61.5 cm³/mol. The maximum atomic E-state index is 5.53. The summed E-state index contributed by atoms with van der Waals surface area (Å²) in [7, 11) is 0. The van der Waals surface area contributed by atoms with Gasteiger partial charge in [-0.05, 0) is 20.3 Å². The first-order chi connectivity index (χ1) is 7.74. The topological polar surface area (TPSA) is 52.8 Å². The molecule has 0 saturated heterocycles. The second-order valence-electron chi connectivity index (χ2n) is 3.95. The predicted octanol–water partition coefficient (Wildman–Crippen LogP) is 2.20. The molecule has 2 aromatic rings. The number of fused-ring (bicyclic) bond motifs is 1. The van der Waals surface area contributed by atoms with E-state index in [1.54, 1.807) is 6.33 Å². The third-order valence-corrected chi connectivity index (χ3v) is 2.32. The number of imidazole rings is 1.